The summed E-state index contributed by atoms with van der Waals surface area (Å²) in [5, 5.41) is 7.30. The van der Waals surface area contributed by atoms with E-state index < -0.39 is 0 Å². The van der Waals surface area contributed by atoms with Crippen molar-refractivity contribution in [1.82, 2.24) is 15.2 Å². The number of hydrogen-bond donors (Lipinski definition) is 2. The number of aromatic amines is 1. The summed E-state index contributed by atoms with van der Waals surface area (Å²) in [4.78, 5) is 6.69. The van der Waals surface area contributed by atoms with E-state index in [-0.39, 0.29) is 6.04 Å². The third-order valence-corrected chi connectivity index (χ3v) is 3.72. The molecule has 2 aliphatic rings. The van der Waals surface area contributed by atoms with Gasteiger partial charge >= 0.3 is 0 Å². The van der Waals surface area contributed by atoms with E-state index >= 15 is 0 Å². The molecule has 1 aromatic rings. The van der Waals surface area contributed by atoms with Crippen LogP contribution in [0.5, 0.6) is 0 Å². The van der Waals surface area contributed by atoms with E-state index in [1.165, 1.54) is 12.8 Å². The van der Waals surface area contributed by atoms with Crippen molar-refractivity contribution in [3.05, 3.63) is 5.82 Å². The van der Waals surface area contributed by atoms with Crippen molar-refractivity contribution in [2.45, 2.75) is 44.2 Å². The van der Waals surface area contributed by atoms with Crippen LogP contribution >= 0.6 is 0 Å². The van der Waals surface area contributed by atoms with E-state index in [0.717, 1.165) is 50.7 Å². The van der Waals surface area contributed by atoms with Crippen molar-refractivity contribution in [2.24, 2.45) is 5.73 Å². The molecule has 0 aliphatic carbocycles. The fourth-order valence-corrected chi connectivity index (χ4v) is 2.67. The second kappa shape index (κ2) is 5.24. The molecule has 1 aromatic heterocycles. The van der Waals surface area contributed by atoms with Crippen LogP contribution in [-0.2, 0) is 11.2 Å². The molecule has 18 heavy (non-hydrogen) atoms. The van der Waals surface area contributed by atoms with Gasteiger partial charge in [0.25, 0.3) is 0 Å². The molecule has 3 rings (SSSR count). The molecule has 2 atom stereocenters. The SMILES string of the molecule is NC1CCN(c2n[nH]c(CC3CCCCO3)n2)C1. The number of anilines is 1. The van der Waals surface area contributed by atoms with Crippen LogP contribution in [0.3, 0.4) is 0 Å². The molecule has 6 heteroatoms. The van der Waals surface area contributed by atoms with Gasteiger partial charge in [0.2, 0.25) is 5.95 Å². The Hall–Kier alpha value is -1.14. The van der Waals surface area contributed by atoms with E-state index in [1.54, 1.807) is 0 Å². The maximum absolute atomic E-state index is 5.89. The first kappa shape index (κ1) is 11.9. The second-order valence-corrected chi connectivity index (χ2v) is 5.27. The predicted molar refractivity (Wildman–Crippen MR) is 68.5 cm³/mol. The Morgan fingerprint density at radius 3 is 3.06 bits per heavy atom. The Morgan fingerprint density at radius 1 is 1.39 bits per heavy atom. The molecular formula is C12H21N5O. The molecule has 6 nitrogen and oxygen atoms in total. The molecule has 3 heterocycles. The van der Waals surface area contributed by atoms with Gasteiger partial charge in [-0.15, -0.1) is 5.10 Å². The lowest BCUT2D eigenvalue weighted by Crippen LogP contribution is -2.27. The summed E-state index contributed by atoms with van der Waals surface area (Å²) in [6, 6.07) is 0.258. The van der Waals surface area contributed by atoms with Crippen LogP contribution in [0, 0.1) is 0 Å². The Morgan fingerprint density at radius 2 is 2.33 bits per heavy atom. The average Bonchev–Trinajstić information content (AvgIpc) is 2.99. The van der Waals surface area contributed by atoms with Gasteiger partial charge in [-0.25, -0.2) is 0 Å². The zero-order valence-corrected chi connectivity index (χ0v) is 10.6. The van der Waals surface area contributed by atoms with Crippen molar-refractivity contribution >= 4 is 5.95 Å². The molecule has 2 fully saturated rings. The number of rotatable bonds is 3. The molecule has 0 radical (unpaired) electrons. The van der Waals surface area contributed by atoms with Gasteiger partial charge in [-0.1, -0.05) is 0 Å². The number of hydrogen-bond acceptors (Lipinski definition) is 5. The van der Waals surface area contributed by atoms with Crippen molar-refractivity contribution in [3.8, 4) is 0 Å². The van der Waals surface area contributed by atoms with E-state index in [2.05, 4.69) is 20.1 Å². The first-order valence-corrected chi connectivity index (χ1v) is 6.84. The quantitative estimate of drug-likeness (QED) is 0.815. The highest BCUT2D eigenvalue weighted by Crippen LogP contribution is 2.18. The van der Waals surface area contributed by atoms with Gasteiger partial charge in [-0.2, -0.15) is 4.98 Å². The van der Waals surface area contributed by atoms with Crippen LogP contribution in [-0.4, -0.2) is 47.0 Å². The third-order valence-electron chi connectivity index (χ3n) is 3.72. The van der Waals surface area contributed by atoms with Crippen LogP contribution < -0.4 is 10.6 Å². The summed E-state index contributed by atoms with van der Waals surface area (Å²) >= 11 is 0. The van der Waals surface area contributed by atoms with Gasteiger partial charge in [0.1, 0.15) is 5.82 Å². The van der Waals surface area contributed by atoms with E-state index in [1.807, 2.05) is 0 Å². The summed E-state index contributed by atoms with van der Waals surface area (Å²) < 4.78 is 5.71. The molecule has 0 spiro atoms. The van der Waals surface area contributed by atoms with Crippen LogP contribution in [0.2, 0.25) is 0 Å². The number of nitrogens with two attached hydrogens (primary N) is 1. The summed E-state index contributed by atoms with van der Waals surface area (Å²) in [6.45, 7) is 2.70. The van der Waals surface area contributed by atoms with Gasteiger partial charge in [-0.3, -0.25) is 5.10 Å². The number of aromatic nitrogens is 3. The Labute approximate surface area is 107 Å². The number of H-pyrrole nitrogens is 1. The molecule has 0 amide bonds. The first-order chi connectivity index (χ1) is 8.81. The molecule has 2 saturated heterocycles. The van der Waals surface area contributed by atoms with Crippen molar-refractivity contribution in [1.29, 1.82) is 0 Å². The van der Waals surface area contributed by atoms with Crippen LogP contribution in [0.4, 0.5) is 5.95 Å². The van der Waals surface area contributed by atoms with Gasteiger partial charge in [-0.05, 0) is 25.7 Å². The molecular weight excluding hydrogens is 230 g/mol. The molecule has 0 saturated carbocycles. The summed E-state index contributed by atoms with van der Waals surface area (Å²) in [6.07, 6.45) is 5.74. The fraction of sp³-hybridized carbons (Fsp3) is 0.833. The van der Waals surface area contributed by atoms with Crippen LogP contribution in [0.25, 0.3) is 0 Å². The normalized spacial score (nSPS) is 28.8. The largest absolute Gasteiger partial charge is 0.378 e. The van der Waals surface area contributed by atoms with Crippen LogP contribution in [0.1, 0.15) is 31.5 Å². The van der Waals surface area contributed by atoms with Crippen molar-refractivity contribution in [3.63, 3.8) is 0 Å². The van der Waals surface area contributed by atoms with Crippen molar-refractivity contribution in [2.75, 3.05) is 24.6 Å². The topological polar surface area (TPSA) is 80.1 Å². The number of ether oxygens (including phenoxy) is 1. The highest BCUT2D eigenvalue weighted by Gasteiger charge is 2.23. The highest BCUT2D eigenvalue weighted by atomic mass is 16.5. The Bertz CT molecular complexity index is 388. The maximum Gasteiger partial charge on any atom is 0.244 e. The minimum absolute atomic E-state index is 0.258. The number of nitrogens with one attached hydrogen (secondary N) is 1. The molecule has 3 N–H and O–H groups in total. The molecule has 0 aromatic carbocycles. The van der Waals surface area contributed by atoms with E-state index in [9.17, 15) is 0 Å². The molecule has 2 unspecified atom stereocenters. The van der Waals surface area contributed by atoms with Crippen molar-refractivity contribution < 1.29 is 4.74 Å². The average molecular weight is 251 g/mol. The predicted octanol–water partition coefficient (Wildman–Crippen LogP) is 0.454. The zero-order valence-electron chi connectivity index (χ0n) is 10.6. The lowest BCUT2D eigenvalue weighted by atomic mass is 10.1. The zero-order chi connectivity index (χ0) is 12.4. The minimum atomic E-state index is 0.258. The monoisotopic (exact) mass is 251 g/mol. The van der Waals surface area contributed by atoms with Gasteiger partial charge in [0.15, 0.2) is 0 Å². The van der Waals surface area contributed by atoms with Gasteiger partial charge in [0.05, 0.1) is 6.10 Å². The Balaban J connectivity index is 1.59. The lowest BCUT2D eigenvalue weighted by molar-refractivity contribution is 0.0157. The summed E-state index contributed by atoms with van der Waals surface area (Å²) in [7, 11) is 0. The molecule has 0 bridgehead atoms. The summed E-state index contributed by atoms with van der Waals surface area (Å²) in [5.74, 6) is 1.71. The van der Waals surface area contributed by atoms with Crippen LogP contribution in [0.15, 0.2) is 0 Å². The smallest absolute Gasteiger partial charge is 0.244 e. The van der Waals surface area contributed by atoms with Gasteiger partial charge in [0, 0.05) is 32.2 Å². The molecule has 100 valence electrons. The second-order valence-electron chi connectivity index (χ2n) is 5.27. The molecule has 2 aliphatic heterocycles. The van der Waals surface area contributed by atoms with Gasteiger partial charge < -0.3 is 15.4 Å². The maximum atomic E-state index is 5.89. The third kappa shape index (κ3) is 2.64. The first-order valence-electron chi connectivity index (χ1n) is 6.84. The van der Waals surface area contributed by atoms with E-state index in [0.29, 0.717) is 6.10 Å². The lowest BCUT2D eigenvalue weighted by Gasteiger charge is -2.21. The number of nitrogens with zero attached hydrogens (tertiary/aromatic N) is 3. The minimum Gasteiger partial charge on any atom is -0.378 e. The summed E-state index contributed by atoms with van der Waals surface area (Å²) in [5.41, 5.74) is 5.89. The standard InChI is InChI=1S/C12H21N5O/c13-9-4-5-17(8-9)12-14-11(15-16-12)7-10-3-1-2-6-18-10/h9-10H,1-8,13H2,(H,14,15,16). The highest BCUT2D eigenvalue weighted by molar-refractivity contribution is 5.31. The Kier molecular flexibility index (Phi) is 3.47. The van der Waals surface area contributed by atoms with E-state index in [4.69, 9.17) is 10.5 Å². The fourth-order valence-electron chi connectivity index (χ4n) is 2.67.